The molecule has 0 amide bonds. The van der Waals surface area contributed by atoms with E-state index >= 15 is 0 Å². The van der Waals surface area contributed by atoms with Crippen LogP contribution in [0.25, 0.3) is 0 Å². The van der Waals surface area contributed by atoms with Gasteiger partial charge in [0.1, 0.15) is 0 Å². The van der Waals surface area contributed by atoms with Crippen LogP contribution in [0, 0.1) is 0 Å². The predicted octanol–water partition coefficient (Wildman–Crippen LogP) is 2.14. The fourth-order valence-electron chi connectivity index (χ4n) is 1.90. The van der Waals surface area contributed by atoms with E-state index in [1.807, 2.05) is 11.8 Å². The fourth-order valence-corrected chi connectivity index (χ4v) is 4.03. The zero-order chi connectivity index (χ0) is 11.4. The number of rotatable bonds is 5. The van der Waals surface area contributed by atoms with Gasteiger partial charge in [-0.1, -0.05) is 6.07 Å². The highest BCUT2D eigenvalue weighted by molar-refractivity contribution is 7.99. The Morgan fingerprint density at radius 3 is 3.12 bits per heavy atom. The molecule has 16 heavy (non-hydrogen) atoms. The highest BCUT2D eigenvalue weighted by Crippen LogP contribution is 2.27. The molecule has 1 aromatic rings. The zero-order valence-electron chi connectivity index (χ0n) is 9.61. The number of thioether (sulfide) groups is 1. The van der Waals surface area contributed by atoms with E-state index < -0.39 is 5.60 Å². The van der Waals surface area contributed by atoms with Crippen LogP contribution < -0.4 is 5.32 Å². The van der Waals surface area contributed by atoms with Crippen LogP contribution >= 0.6 is 23.1 Å². The SMILES string of the molecule is CC(Cc1cccs1)NCC1(O)CCSC1. The maximum Gasteiger partial charge on any atom is 0.0869 e. The topological polar surface area (TPSA) is 32.3 Å². The molecule has 0 spiro atoms. The highest BCUT2D eigenvalue weighted by Gasteiger charge is 2.31. The van der Waals surface area contributed by atoms with E-state index in [1.54, 1.807) is 11.3 Å². The van der Waals surface area contributed by atoms with Gasteiger partial charge in [0.15, 0.2) is 0 Å². The van der Waals surface area contributed by atoms with Crippen LogP contribution in [0.2, 0.25) is 0 Å². The summed E-state index contributed by atoms with van der Waals surface area (Å²) >= 11 is 3.65. The molecule has 2 unspecified atom stereocenters. The molecule has 1 fully saturated rings. The Labute approximate surface area is 105 Å². The molecule has 1 aromatic heterocycles. The van der Waals surface area contributed by atoms with Crippen LogP contribution in [0.15, 0.2) is 17.5 Å². The molecule has 1 aliphatic heterocycles. The number of thiophene rings is 1. The molecular formula is C12H19NOS2. The number of aliphatic hydroxyl groups is 1. The van der Waals surface area contributed by atoms with Gasteiger partial charge in [-0.3, -0.25) is 0 Å². The van der Waals surface area contributed by atoms with Crippen molar-refractivity contribution in [1.29, 1.82) is 0 Å². The summed E-state index contributed by atoms with van der Waals surface area (Å²) in [5, 5.41) is 15.7. The Kier molecular flexibility index (Phi) is 4.30. The highest BCUT2D eigenvalue weighted by atomic mass is 32.2. The zero-order valence-corrected chi connectivity index (χ0v) is 11.2. The molecule has 2 N–H and O–H groups in total. The lowest BCUT2D eigenvalue weighted by atomic mass is 10.0. The molecule has 0 aliphatic carbocycles. The molecule has 0 bridgehead atoms. The standard InChI is InChI=1S/C12H19NOS2/c1-10(7-11-3-2-5-16-11)13-8-12(14)4-6-15-9-12/h2-3,5,10,13-14H,4,6-9H2,1H3. The Morgan fingerprint density at radius 2 is 2.50 bits per heavy atom. The van der Waals surface area contributed by atoms with E-state index in [9.17, 15) is 5.11 Å². The van der Waals surface area contributed by atoms with Crippen molar-refractivity contribution in [3.63, 3.8) is 0 Å². The number of hydrogen-bond acceptors (Lipinski definition) is 4. The first kappa shape index (κ1) is 12.4. The van der Waals surface area contributed by atoms with Crippen LogP contribution in [0.1, 0.15) is 18.2 Å². The van der Waals surface area contributed by atoms with Crippen molar-refractivity contribution in [3.05, 3.63) is 22.4 Å². The van der Waals surface area contributed by atoms with Crippen LogP contribution in [-0.2, 0) is 6.42 Å². The van der Waals surface area contributed by atoms with Gasteiger partial charge in [0.05, 0.1) is 5.60 Å². The number of nitrogens with one attached hydrogen (secondary N) is 1. The minimum atomic E-state index is -0.464. The van der Waals surface area contributed by atoms with Crippen LogP contribution in [-0.4, -0.2) is 34.8 Å². The molecular weight excluding hydrogens is 238 g/mol. The summed E-state index contributed by atoms with van der Waals surface area (Å²) in [6.07, 6.45) is 1.98. The van der Waals surface area contributed by atoms with Gasteiger partial charge >= 0.3 is 0 Å². The lowest BCUT2D eigenvalue weighted by Gasteiger charge is -2.24. The Balaban J connectivity index is 1.73. The monoisotopic (exact) mass is 257 g/mol. The lowest BCUT2D eigenvalue weighted by molar-refractivity contribution is 0.0652. The minimum Gasteiger partial charge on any atom is -0.388 e. The van der Waals surface area contributed by atoms with Gasteiger partial charge < -0.3 is 10.4 Å². The average Bonchev–Trinajstić information content (AvgIpc) is 2.88. The van der Waals surface area contributed by atoms with Crippen molar-refractivity contribution >= 4 is 23.1 Å². The molecule has 1 aliphatic rings. The summed E-state index contributed by atoms with van der Waals surface area (Å²) in [6.45, 7) is 2.91. The molecule has 2 rings (SSSR count). The van der Waals surface area contributed by atoms with Crippen LogP contribution in [0.4, 0.5) is 0 Å². The first-order valence-corrected chi connectivity index (χ1v) is 7.77. The second-order valence-corrected chi connectivity index (χ2v) is 6.73. The lowest BCUT2D eigenvalue weighted by Crippen LogP contribution is -2.44. The summed E-state index contributed by atoms with van der Waals surface area (Å²) in [7, 11) is 0. The van der Waals surface area contributed by atoms with Gasteiger partial charge in [-0.2, -0.15) is 11.8 Å². The molecule has 2 heterocycles. The average molecular weight is 257 g/mol. The summed E-state index contributed by atoms with van der Waals surface area (Å²) in [6, 6.07) is 4.70. The normalized spacial score (nSPS) is 27.1. The summed E-state index contributed by atoms with van der Waals surface area (Å²) in [5.74, 6) is 1.98. The second kappa shape index (κ2) is 5.54. The molecule has 0 saturated carbocycles. The fraction of sp³-hybridized carbons (Fsp3) is 0.667. The van der Waals surface area contributed by atoms with Gasteiger partial charge in [-0.25, -0.2) is 0 Å². The van der Waals surface area contributed by atoms with E-state index in [4.69, 9.17) is 0 Å². The molecule has 90 valence electrons. The third kappa shape index (κ3) is 3.48. The Hall–Kier alpha value is -0.0300. The van der Waals surface area contributed by atoms with Crippen molar-refractivity contribution in [2.75, 3.05) is 18.1 Å². The Morgan fingerprint density at radius 1 is 1.62 bits per heavy atom. The minimum absolute atomic E-state index is 0.438. The molecule has 2 atom stereocenters. The van der Waals surface area contributed by atoms with Crippen molar-refractivity contribution in [3.8, 4) is 0 Å². The quantitative estimate of drug-likeness (QED) is 0.847. The second-order valence-electron chi connectivity index (χ2n) is 4.59. The van der Waals surface area contributed by atoms with E-state index in [2.05, 4.69) is 29.8 Å². The first-order valence-electron chi connectivity index (χ1n) is 5.74. The summed E-state index contributed by atoms with van der Waals surface area (Å²) in [4.78, 5) is 1.41. The molecule has 4 heteroatoms. The van der Waals surface area contributed by atoms with Gasteiger partial charge in [0.25, 0.3) is 0 Å². The molecule has 0 radical (unpaired) electrons. The third-order valence-electron chi connectivity index (χ3n) is 2.95. The van der Waals surface area contributed by atoms with E-state index in [0.29, 0.717) is 6.04 Å². The molecule has 2 nitrogen and oxygen atoms in total. The van der Waals surface area contributed by atoms with Gasteiger partial charge in [-0.15, -0.1) is 11.3 Å². The van der Waals surface area contributed by atoms with Crippen LogP contribution in [0.3, 0.4) is 0 Å². The van der Waals surface area contributed by atoms with Crippen molar-refractivity contribution in [2.45, 2.75) is 31.4 Å². The van der Waals surface area contributed by atoms with E-state index in [0.717, 1.165) is 30.9 Å². The largest absolute Gasteiger partial charge is 0.388 e. The first-order chi connectivity index (χ1) is 7.68. The van der Waals surface area contributed by atoms with E-state index in [1.165, 1.54) is 4.88 Å². The van der Waals surface area contributed by atoms with E-state index in [-0.39, 0.29) is 0 Å². The van der Waals surface area contributed by atoms with Crippen molar-refractivity contribution in [1.82, 2.24) is 5.32 Å². The number of hydrogen-bond donors (Lipinski definition) is 2. The third-order valence-corrected chi connectivity index (χ3v) is 5.08. The summed E-state index contributed by atoms with van der Waals surface area (Å²) < 4.78 is 0. The van der Waals surface area contributed by atoms with Gasteiger partial charge in [-0.05, 0) is 37.0 Å². The Bertz CT molecular complexity index is 307. The van der Waals surface area contributed by atoms with Crippen LogP contribution in [0.5, 0.6) is 0 Å². The van der Waals surface area contributed by atoms with Gasteiger partial charge in [0, 0.05) is 23.2 Å². The maximum absolute atomic E-state index is 10.2. The predicted molar refractivity (Wildman–Crippen MR) is 72.4 cm³/mol. The molecule has 1 saturated heterocycles. The van der Waals surface area contributed by atoms with Crippen molar-refractivity contribution in [2.24, 2.45) is 0 Å². The molecule has 0 aromatic carbocycles. The van der Waals surface area contributed by atoms with Gasteiger partial charge in [0.2, 0.25) is 0 Å². The van der Waals surface area contributed by atoms with Crippen molar-refractivity contribution < 1.29 is 5.11 Å². The smallest absolute Gasteiger partial charge is 0.0869 e. The maximum atomic E-state index is 10.2. The summed E-state index contributed by atoms with van der Waals surface area (Å²) in [5.41, 5.74) is -0.464.